The van der Waals surface area contributed by atoms with Gasteiger partial charge in [-0.15, -0.1) is 13.2 Å². The Kier molecular flexibility index (Phi) is 4.05. The number of carboxylic acids is 1. The minimum absolute atomic E-state index is 0.00738. The summed E-state index contributed by atoms with van der Waals surface area (Å²) >= 11 is 0. The Balaban J connectivity index is 3.07. The van der Waals surface area contributed by atoms with Gasteiger partial charge in [-0.25, -0.2) is 4.79 Å². The second kappa shape index (κ2) is 5.16. The summed E-state index contributed by atoms with van der Waals surface area (Å²) in [5.41, 5.74) is -0.384. The average molecular weight is 264 g/mol. The molecule has 0 aliphatic rings. The predicted molar refractivity (Wildman–Crippen MR) is 55.8 cm³/mol. The van der Waals surface area contributed by atoms with Crippen LogP contribution in [0.2, 0.25) is 0 Å². The van der Waals surface area contributed by atoms with Crippen LogP contribution >= 0.6 is 0 Å². The molecule has 0 atom stereocenters. The number of aromatic carboxylic acids is 1. The number of benzene rings is 1. The zero-order valence-electron chi connectivity index (χ0n) is 9.62. The fourth-order valence-corrected chi connectivity index (χ4v) is 1.23. The highest BCUT2D eigenvalue weighted by Gasteiger charge is 2.31. The molecule has 0 radical (unpaired) electrons. The molecule has 0 unspecified atom stereocenters. The normalized spacial score (nSPS) is 11.4. The SMILES string of the molecule is CC(C)Oc1ccc(OC(F)(F)F)cc1C(=O)O. The van der Waals surface area contributed by atoms with Crippen LogP contribution < -0.4 is 9.47 Å². The highest BCUT2D eigenvalue weighted by Crippen LogP contribution is 2.29. The lowest BCUT2D eigenvalue weighted by Crippen LogP contribution is -2.17. The first-order valence-electron chi connectivity index (χ1n) is 4.99. The maximum Gasteiger partial charge on any atom is 0.573 e. The van der Waals surface area contributed by atoms with E-state index in [9.17, 15) is 18.0 Å². The fourth-order valence-electron chi connectivity index (χ4n) is 1.23. The van der Waals surface area contributed by atoms with E-state index in [2.05, 4.69) is 4.74 Å². The van der Waals surface area contributed by atoms with Crippen LogP contribution in [0, 0.1) is 0 Å². The number of carboxylic acid groups (broad SMARTS) is 1. The highest BCUT2D eigenvalue weighted by molar-refractivity contribution is 5.91. The van der Waals surface area contributed by atoms with E-state index in [-0.39, 0.29) is 17.4 Å². The van der Waals surface area contributed by atoms with Gasteiger partial charge in [-0.05, 0) is 32.0 Å². The predicted octanol–water partition coefficient (Wildman–Crippen LogP) is 3.07. The molecular weight excluding hydrogens is 253 g/mol. The van der Waals surface area contributed by atoms with Crippen molar-refractivity contribution in [3.05, 3.63) is 23.8 Å². The third-order valence-corrected chi connectivity index (χ3v) is 1.78. The molecule has 1 rings (SSSR count). The minimum Gasteiger partial charge on any atom is -0.490 e. The first-order valence-corrected chi connectivity index (χ1v) is 4.99. The van der Waals surface area contributed by atoms with Gasteiger partial charge in [0.25, 0.3) is 0 Å². The first-order chi connectivity index (χ1) is 8.19. The quantitative estimate of drug-likeness (QED) is 0.908. The number of alkyl halides is 3. The summed E-state index contributed by atoms with van der Waals surface area (Å²) in [5, 5.41) is 8.88. The maximum atomic E-state index is 12.0. The van der Waals surface area contributed by atoms with Gasteiger partial charge < -0.3 is 14.6 Å². The number of rotatable bonds is 4. The van der Waals surface area contributed by atoms with E-state index in [0.29, 0.717) is 0 Å². The van der Waals surface area contributed by atoms with Crippen LogP contribution in [0.15, 0.2) is 18.2 Å². The van der Waals surface area contributed by atoms with Crippen LogP contribution in [0.1, 0.15) is 24.2 Å². The number of hydrogen-bond donors (Lipinski definition) is 1. The zero-order valence-corrected chi connectivity index (χ0v) is 9.62. The monoisotopic (exact) mass is 264 g/mol. The number of ether oxygens (including phenoxy) is 2. The van der Waals surface area contributed by atoms with Gasteiger partial charge in [0.05, 0.1) is 6.10 Å². The van der Waals surface area contributed by atoms with Crippen LogP contribution in [-0.2, 0) is 0 Å². The molecule has 0 saturated heterocycles. The molecule has 0 aromatic heterocycles. The van der Waals surface area contributed by atoms with Crippen molar-refractivity contribution in [2.45, 2.75) is 26.3 Å². The van der Waals surface area contributed by atoms with Gasteiger partial charge in [0.15, 0.2) is 0 Å². The molecule has 1 aromatic carbocycles. The van der Waals surface area contributed by atoms with Crippen molar-refractivity contribution in [3.8, 4) is 11.5 Å². The molecule has 0 aliphatic heterocycles. The Morgan fingerprint density at radius 3 is 2.39 bits per heavy atom. The van der Waals surface area contributed by atoms with Crippen LogP contribution in [0.3, 0.4) is 0 Å². The molecule has 7 heteroatoms. The summed E-state index contributed by atoms with van der Waals surface area (Å²) in [6.07, 6.45) is -5.16. The molecule has 0 fully saturated rings. The Bertz CT molecular complexity index is 440. The molecule has 0 spiro atoms. The van der Waals surface area contributed by atoms with Gasteiger partial charge >= 0.3 is 12.3 Å². The summed E-state index contributed by atoms with van der Waals surface area (Å²) in [6.45, 7) is 3.34. The second-order valence-electron chi connectivity index (χ2n) is 3.68. The third-order valence-electron chi connectivity index (χ3n) is 1.78. The van der Waals surface area contributed by atoms with Gasteiger partial charge in [-0.1, -0.05) is 0 Å². The Labute approximate surface area is 101 Å². The topological polar surface area (TPSA) is 55.8 Å². The van der Waals surface area contributed by atoms with Crippen LogP contribution in [0.4, 0.5) is 13.2 Å². The van der Waals surface area contributed by atoms with Gasteiger partial charge in [0.2, 0.25) is 0 Å². The molecule has 18 heavy (non-hydrogen) atoms. The highest BCUT2D eigenvalue weighted by atomic mass is 19.4. The number of carbonyl (C=O) groups is 1. The summed E-state index contributed by atoms with van der Waals surface area (Å²) in [7, 11) is 0. The molecule has 0 bridgehead atoms. The molecule has 0 saturated carbocycles. The van der Waals surface area contributed by atoms with Crippen molar-refractivity contribution >= 4 is 5.97 Å². The minimum atomic E-state index is -4.86. The molecule has 0 aliphatic carbocycles. The lowest BCUT2D eigenvalue weighted by molar-refractivity contribution is -0.274. The Hall–Kier alpha value is -1.92. The zero-order chi connectivity index (χ0) is 13.9. The molecule has 1 N–H and O–H groups in total. The molecule has 100 valence electrons. The van der Waals surface area contributed by atoms with Crippen LogP contribution in [-0.4, -0.2) is 23.5 Å². The first kappa shape index (κ1) is 14.1. The third kappa shape index (κ3) is 4.15. The van der Waals surface area contributed by atoms with Crippen molar-refractivity contribution in [2.24, 2.45) is 0 Å². The van der Waals surface area contributed by atoms with E-state index in [1.165, 1.54) is 0 Å². The molecule has 1 aromatic rings. The van der Waals surface area contributed by atoms with E-state index >= 15 is 0 Å². The van der Waals surface area contributed by atoms with Gasteiger partial charge in [0, 0.05) is 0 Å². The fraction of sp³-hybridized carbons (Fsp3) is 0.364. The summed E-state index contributed by atoms with van der Waals surface area (Å²) in [6, 6.07) is 2.90. The van der Waals surface area contributed by atoms with E-state index in [0.717, 1.165) is 18.2 Å². The lowest BCUT2D eigenvalue weighted by Gasteiger charge is -2.14. The summed E-state index contributed by atoms with van der Waals surface area (Å²) < 4.78 is 44.8. The smallest absolute Gasteiger partial charge is 0.490 e. The molecule has 0 amide bonds. The van der Waals surface area contributed by atoms with Crippen molar-refractivity contribution in [1.82, 2.24) is 0 Å². The van der Waals surface area contributed by atoms with E-state index in [1.54, 1.807) is 13.8 Å². The Morgan fingerprint density at radius 1 is 1.33 bits per heavy atom. The number of hydrogen-bond acceptors (Lipinski definition) is 3. The average Bonchev–Trinajstić information content (AvgIpc) is 2.17. The summed E-state index contributed by atoms with van der Waals surface area (Å²) in [5.74, 6) is -2.00. The van der Waals surface area contributed by atoms with Crippen molar-refractivity contribution in [2.75, 3.05) is 0 Å². The van der Waals surface area contributed by atoms with E-state index in [4.69, 9.17) is 9.84 Å². The Morgan fingerprint density at radius 2 is 1.94 bits per heavy atom. The van der Waals surface area contributed by atoms with Crippen LogP contribution in [0.25, 0.3) is 0 Å². The molecule has 0 heterocycles. The van der Waals surface area contributed by atoms with Crippen LogP contribution in [0.5, 0.6) is 11.5 Å². The largest absolute Gasteiger partial charge is 0.573 e. The number of halogens is 3. The van der Waals surface area contributed by atoms with Crippen molar-refractivity contribution in [1.29, 1.82) is 0 Å². The van der Waals surface area contributed by atoms with E-state index in [1.807, 2.05) is 0 Å². The standard InChI is InChI=1S/C11H11F3O4/c1-6(2)17-9-4-3-7(18-11(12,13)14)5-8(9)10(15)16/h3-6H,1-2H3,(H,15,16). The maximum absolute atomic E-state index is 12.0. The van der Waals surface area contributed by atoms with E-state index < -0.39 is 18.1 Å². The van der Waals surface area contributed by atoms with Gasteiger partial charge in [0.1, 0.15) is 17.1 Å². The molecular formula is C11H11F3O4. The summed E-state index contributed by atoms with van der Waals surface area (Å²) in [4.78, 5) is 10.9. The van der Waals surface area contributed by atoms with Crippen molar-refractivity contribution in [3.63, 3.8) is 0 Å². The van der Waals surface area contributed by atoms with Gasteiger partial charge in [-0.2, -0.15) is 0 Å². The lowest BCUT2D eigenvalue weighted by atomic mass is 10.2. The second-order valence-corrected chi connectivity index (χ2v) is 3.68. The van der Waals surface area contributed by atoms with Crippen molar-refractivity contribution < 1.29 is 32.5 Å². The molecule has 4 nitrogen and oxygen atoms in total. The van der Waals surface area contributed by atoms with Gasteiger partial charge in [-0.3, -0.25) is 0 Å².